The van der Waals surface area contributed by atoms with Crippen molar-refractivity contribution in [1.82, 2.24) is 4.98 Å². The van der Waals surface area contributed by atoms with Crippen LogP contribution in [0.15, 0.2) is 82.0 Å². The Balaban J connectivity index is 1.43. The van der Waals surface area contributed by atoms with Crippen molar-refractivity contribution in [3.8, 4) is 17.2 Å². The normalized spacial score (nSPS) is 11.8. The summed E-state index contributed by atoms with van der Waals surface area (Å²) in [5.41, 5.74) is 2.50. The molecule has 0 saturated carbocycles. The van der Waals surface area contributed by atoms with Crippen LogP contribution < -0.4 is 15.7 Å². The zero-order valence-electron chi connectivity index (χ0n) is 18.0. The van der Waals surface area contributed by atoms with E-state index >= 15 is 0 Å². The van der Waals surface area contributed by atoms with Gasteiger partial charge in [-0.1, -0.05) is 44.2 Å². The third-order valence-corrected chi connectivity index (χ3v) is 5.36. The van der Waals surface area contributed by atoms with E-state index in [0.29, 0.717) is 33.8 Å². The van der Waals surface area contributed by atoms with Crippen LogP contribution in [0.1, 0.15) is 31.7 Å². The van der Waals surface area contributed by atoms with E-state index in [0.717, 1.165) is 6.42 Å². The second kappa shape index (κ2) is 9.47. The largest absolute Gasteiger partial charge is 0.484 e. The fourth-order valence-corrected chi connectivity index (χ4v) is 3.35. The van der Waals surface area contributed by atoms with Crippen molar-refractivity contribution in [1.29, 1.82) is 0 Å². The highest BCUT2D eigenvalue weighted by atomic mass is 16.5. The first-order chi connectivity index (χ1) is 15.5. The summed E-state index contributed by atoms with van der Waals surface area (Å²) in [6, 6.07) is 21.8. The molecule has 0 bridgehead atoms. The van der Waals surface area contributed by atoms with Crippen LogP contribution in [0.4, 0.5) is 5.69 Å². The predicted molar refractivity (Wildman–Crippen MR) is 125 cm³/mol. The van der Waals surface area contributed by atoms with Gasteiger partial charge in [0.15, 0.2) is 6.61 Å². The molecule has 1 aromatic heterocycles. The molecule has 0 unspecified atom stereocenters. The minimum atomic E-state index is -0.451. The monoisotopic (exact) mass is 428 g/mol. The summed E-state index contributed by atoms with van der Waals surface area (Å²) in [5.74, 6) is 1.03. The predicted octanol–water partition coefficient (Wildman–Crippen LogP) is 5.39. The molecule has 4 aromatic rings. The van der Waals surface area contributed by atoms with Gasteiger partial charge in [0.2, 0.25) is 5.89 Å². The van der Waals surface area contributed by atoms with Gasteiger partial charge >= 0.3 is 5.63 Å². The fourth-order valence-electron chi connectivity index (χ4n) is 3.35. The van der Waals surface area contributed by atoms with Crippen LogP contribution in [-0.2, 0) is 4.79 Å². The van der Waals surface area contributed by atoms with E-state index in [4.69, 9.17) is 9.15 Å². The maximum absolute atomic E-state index is 12.4. The number of hydrogen-bond donors (Lipinski definition) is 1. The van der Waals surface area contributed by atoms with Crippen molar-refractivity contribution < 1.29 is 13.9 Å². The van der Waals surface area contributed by atoms with Crippen LogP contribution in [-0.4, -0.2) is 17.5 Å². The van der Waals surface area contributed by atoms with Crippen molar-refractivity contribution in [3.63, 3.8) is 0 Å². The Bertz CT molecular complexity index is 1300. The first-order valence-electron chi connectivity index (χ1n) is 10.6. The molecule has 1 heterocycles. The average Bonchev–Trinajstić information content (AvgIpc) is 2.83. The van der Waals surface area contributed by atoms with Gasteiger partial charge in [-0.3, -0.25) is 4.79 Å². The highest BCUT2D eigenvalue weighted by molar-refractivity contribution is 5.92. The average molecular weight is 428 g/mol. The van der Waals surface area contributed by atoms with Gasteiger partial charge in [0.1, 0.15) is 5.75 Å². The van der Waals surface area contributed by atoms with Gasteiger partial charge in [-0.05, 0) is 60.4 Å². The molecule has 0 aliphatic rings. The van der Waals surface area contributed by atoms with E-state index in [1.165, 1.54) is 5.56 Å². The first kappa shape index (κ1) is 21.3. The first-order valence-corrected chi connectivity index (χ1v) is 10.6. The number of fused-ring (bicyclic) bond motifs is 1. The number of para-hydroxylation sites is 1. The lowest BCUT2D eigenvalue weighted by atomic mass is 9.99. The molecule has 6 nitrogen and oxygen atoms in total. The Morgan fingerprint density at radius 1 is 1.06 bits per heavy atom. The molecule has 32 heavy (non-hydrogen) atoms. The second-order valence-corrected chi connectivity index (χ2v) is 7.62. The Kier molecular flexibility index (Phi) is 6.31. The number of nitrogens with one attached hydrogen (secondary N) is 1. The summed E-state index contributed by atoms with van der Waals surface area (Å²) in [6.07, 6.45) is 1.07. The fraction of sp³-hybridized carbons (Fsp3) is 0.192. The zero-order valence-corrected chi connectivity index (χ0v) is 18.0. The van der Waals surface area contributed by atoms with Crippen LogP contribution in [0.25, 0.3) is 22.4 Å². The molecule has 4 rings (SSSR count). The van der Waals surface area contributed by atoms with Crippen LogP contribution in [0.2, 0.25) is 0 Å². The SMILES string of the molecule is CC[C@H](C)c1ccc(OCC(=O)Nc2cccc(-c3nc4ccccc4c(=O)o3)c2)cc1. The van der Waals surface area contributed by atoms with Gasteiger partial charge in [0.05, 0.1) is 10.9 Å². The molecule has 1 N–H and O–H groups in total. The van der Waals surface area contributed by atoms with E-state index in [1.54, 1.807) is 42.5 Å². The third kappa shape index (κ3) is 4.86. The Morgan fingerprint density at radius 2 is 1.84 bits per heavy atom. The van der Waals surface area contributed by atoms with E-state index < -0.39 is 5.63 Å². The quantitative estimate of drug-likeness (QED) is 0.427. The second-order valence-electron chi connectivity index (χ2n) is 7.62. The summed E-state index contributed by atoms with van der Waals surface area (Å²) in [6.45, 7) is 4.21. The van der Waals surface area contributed by atoms with Crippen molar-refractivity contribution in [3.05, 3.63) is 88.8 Å². The zero-order chi connectivity index (χ0) is 22.5. The molecule has 0 aliphatic heterocycles. The lowest BCUT2D eigenvalue weighted by molar-refractivity contribution is -0.118. The van der Waals surface area contributed by atoms with E-state index in [-0.39, 0.29) is 18.4 Å². The number of carbonyl (C=O) groups is 1. The van der Waals surface area contributed by atoms with Crippen LogP contribution >= 0.6 is 0 Å². The van der Waals surface area contributed by atoms with Crippen LogP contribution in [0.5, 0.6) is 5.75 Å². The van der Waals surface area contributed by atoms with E-state index in [9.17, 15) is 9.59 Å². The van der Waals surface area contributed by atoms with Crippen LogP contribution in [0, 0.1) is 0 Å². The van der Waals surface area contributed by atoms with Crippen molar-refractivity contribution >= 4 is 22.5 Å². The number of aromatic nitrogens is 1. The van der Waals surface area contributed by atoms with Crippen molar-refractivity contribution in [2.75, 3.05) is 11.9 Å². The summed E-state index contributed by atoms with van der Waals surface area (Å²) in [5, 5.41) is 3.23. The number of nitrogens with zero attached hydrogens (tertiary/aromatic N) is 1. The maximum atomic E-state index is 12.4. The smallest absolute Gasteiger partial charge is 0.347 e. The van der Waals surface area contributed by atoms with E-state index in [2.05, 4.69) is 24.1 Å². The molecule has 0 aliphatic carbocycles. The molecular weight excluding hydrogens is 404 g/mol. The van der Waals surface area contributed by atoms with Gasteiger partial charge in [-0.2, -0.15) is 0 Å². The van der Waals surface area contributed by atoms with Gasteiger partial charge in [-0.25, -0.2) is 9.78 Å². The number of carbonyl (C=O) groups excluding carboxylic acids is 1. The molecule has 0 fully saturated rings. The van der Waals surface area contributed by atoms with E-state index in [1.807, 2.05) is 30.3 Å². The molecule has 0 radical (unpaired) electrons. The maximum Gasteiger partial charge on any atom is 0.347 e. The summed E-state index contributed by atoms with van der Waals surface area (Å²) < 4.78 is 11.0. The van der Waals surface area contributed by atoms with Crippen molar-refractivity contribution in [2.45, 2.75) is 26.2 Å². The Hall–Kier alpha value is -3.93. The molecule has 0 spiro atoms. The number of benzene rings is 3. The van der Waals surface area contributed by atoms with Gasteiger partial charge in [0, 0.05) is 11.3 Å². The summed E-state index contributed by atoms with van der Waals surface area (Å²) in [7, 11) is 0. The number of rotatable bonds is 7. The lowest BCUT2D eigenvalue weighted by Gasteiger charge is -2.11. The molecule has 3 aromatic carbocycles. The highest BCUT2D eigenvalue weighted by Crippen LogP contribution is 2.23. The summed E-state index contributed by atoms with van der Waals surface area (Å²) >= 11 is 0. The molecule has 6 heteroatoms. The Labute approximate surface area is 185 Å². The minimum Gasteiger partial charge on any atom is -0.484 e. The third-order valence-electron chi connectivity index (χ3n) is 5.36. The number of ether oxygens (including phenoxy) is 1. The summed E-state index contributed by atoms with van der Waals surface area (Å²) in [4.78, 5) is 29.0. The molecule has 162 valence electrons. The van der Waals surface area contributed by atoms with Gasteiger partial charge in [-0.15, -0.1) is 0 Å². The topological polar surface area (TPSA) is 81.4 Å². The van der Waals surface area contributed by atoms with Crippen LogP contribution in [0.3, 0.4) is 0 Å². The van der Waals surface area contributed by atoms with Crippen molar-refractivity contribution in [2.24, 2.45) is 0 Å². The molecule has 0 saturated heterocycles. The standard InChI is InChI=1S/C26H24N2O4/c1-3-17(2)18-11-13-21(14-12-18)31-16-24(29)27-20-8-6-7-19(15-20)25-28-23-10-5-4-9-22(23)26(30)32-25/h4-15,17H,3,16H2,1-2H3,(H,27,29)/t17-/m0/s1. The van der Waals surface area contributed by atoms with Gasteiger partial charge < -0.3 is 14.5 Å². The number of anilines is 1. The molecule has 1 amide bonds. The molecular formula is C26H24N2O4. The minimum absolute atomic E-state index is 0.115. The Morgan fingerprint density at radius 3 is 2.62 bits per heavy atom. The highest BCUT2D eigenvalue weighted by Gasteiger charge is 2.10. The number of hydrogen-bond acceptors (Lipinski definition) is 5. The lowest BCUT2D eigenvalue weighted by Crippen LogP contribution is -2.20. The van der Waals surface area contributed by atoms with Gasteiger partial charge in [0.25, 0.3) is 5.91 Å². The molecule has 1 atom stereocenters. The number of amides is 1.